The minimum Gasteiger partial charge on any atom is -0.236 e. The Balaban J connectivity index is 3.03. The highest BCUT2D eigenvalue weighted by Gasteiger charge is 2.71. The predicted molar refractivity (Wildman–Crippen MR) is 27.4 cm³/mol. The molecule has 0 aromatic heterocycles. The second-order valence-corrected chi connectivity index (χ2v) is 2.54. The van der Waals surface area contributed by atoms with Gasteiger partial charge in [-0.1, -0.05) is 0 Å². The van der Waals surface area contributed by atoms with Gasteiger partial charge in [0.1, 0.15) is 0 Å². The molecule has 0 aliphatic carbocycles. The van der Waals surface area contributed by atoms with Crippen molar-refractivity contribution in [3.63, 3.8) is 0 Å². The molecule has 1 heterocycles. The molecule has 1 saturated heterocycles. The predicted octanol–water partition coefficient (Wildman–Crippen LogP) is 1.79. The maximum atomic E-state index is 12.3. The van der Waals surface area contributed by atoms with E-state index in [1.807, 2.05) is 0 Å². The number of halogens is 6. The fraction of sp³-hybridized carbons (Fsp3) is 1.00. The zero-order valence-corrected chi connectivity index (χ0v) is 5.87. The van der Waals surface area contributed by atoms with Crippen molar-refractivity contribution in [3.8, 4) is 0 Å². The summed E-state index contributed by atoms with van der Waals surface area (Å²) in [6.07, 6.45) is -6.95. The van der Waals surface area contributed by atoms with Crippen LogP contribution in [0.25, 0.3) is 0 Å². The molecule has 72 valence electrons. The van der Waals surface area contributed by atoms with Crippen molar-refractivity contribution in [2.75, 3.05) is 7.05 Å². The molecule has 0 amide bonds. The van der Waals surface area contributed by atoms with Crippen LogP contribution in [0.15, 0.2) is 0 Å². The summed E-state index contributed by atoms with van der Waals surface area (Å²) in [7, 11) is 0.270. The molecule has 0 bridgehead atoms. The smallest absolute Gasteiger partial charge is 0.236 e. The first-order valence-corrected chi connectivity index (χ1v) is 3.00. The second kappa shape index (κ2) is 2.27. The zero-order valence-electron chi connectivity index (χ0n) is 5.87. The molecule has 0 N–H and O–H groups in total. The monoisotopic (exact) mass is 193 g/mol. The summed E-state index contributed by atoms with van der Waals surface area (Å²) < 4.78 is 73.6. The third-order valence-corrected chi connectivity index (χ3v) is 1.81. The Morgan fingerprint density at radius 1 is 0.917 bits per heavy atom. The van der Waals surface area contributed by atoms with Crippen LogP contribution < -0.4 is 0 Å². The Bertz CT molecular complexity index is 172. The van der Waals surface area contributed by atoms with E-state index in [0.717, 1.165) is 0 Å². The molecule has 0 aromatic rings. The van der Waals surface area contributed by atoms with Gasteiger partial charge in [0.2, 0.25) is 12.3 Å². The first-order valence-electron chi connectivity index (χ1n) is 3.00. The van der Waals surface area contributed by atoms with Crippen molar-refractivity contribution in [1.82, 2.24) is 4.90 Å². The summed E-state index contributed by atoms with van der Waals surface area (Å²) in [6, 6.07) is -8.88. The van der Waals surface area contributed by atoms with Gasteiger partial charge in [0.15, 0.2) is 0 Å². The number of nitrogens with zero attached hydrogens (tertiary/aromatic N) is 1. The summed E-state index contributed by atoms with van der Waals surface area (Å²) >= 11 is 0. The molecule has 1 fully saturated rings. The number of alkyl halides is 6. The van der Waals surface area contributed by atoms with Crippen LogP contribution in [0.1, 0.15) is 0 Å². The number of likely N-dealkylation sites (tertiary alicyclic amines) is 1. The van der Waals surface area contributed by atoms with Gasteiger partial charge in [0.25, 0.3) is 0 Å². The van der Waals surface area contributed by atoms with E-state index in [0.29, 0.717) is 0 Å². The molecule has 2 atom stereocenters. The summed E-state index contributed by atoms with van der Waals surface area (Å²) in [6.45, 7) is 0. The highest BCUT2D eigenvalue weighted by atomic mass is 19.3. The van der Waals surface area contributed by atoms with Crippen LogP contribution in [0.4, 0.5) is 26.3 Å². The Morgan fingerprint density at radius 3 is 1.25 bits per heavy atom. The minimum absolute atomic E-state index is 0.270. The first kappa shape index (κ1) is 9.63. The highest BCUT2D eigenvalue weighted by Crippen LogP contribution is 2.47. The van der Waals surface area contributed by atoms with E-state index in [1.165, 1.54) is 0 Å². The fourth-order valence-corrected chi connectivity index (χ4v) is 0.921. The maximum Gasteiger partial charge on any atom is 0.343 e. The van der Waals surface area contributed by atoms with Crippen LogP contribution in [0.5, 0.6) is 0 Å². The van der Waals surface area contributed by atoms with E-state index < -0.39 is 29.3 Å². The topological polar surface area (TPSA) is 3.24 Å². The van der Waals surface area contributed by atoms with Gasteiger partial charge in [0, 0.05) is 0 Å². The summed E-state index contributed by atoms with van der Waals surface area (Å²) in [4.78, 5) is -0.894. The molecular formula is C5H5F6N. The second-order valence-electron chi connectivity index (χ2n) is 2.54. The lowest BCUT2D eigenvalue weighted by atomic mass is 10.2. The van der Waals surface area contributed by atoms with Gasteiger partial charge in [0.05, 0.1) is 0 Å². The van der Waals surface area contributed by atoms with Crippen LogP contribution in [-0.2, 0) is 0 Å². The van der Waals surface area contributed by atoms with E-state index in [2.05, 4.69) is 0 Å². The minimum atomic E-state index is -4.44. The van der Waals surface area contributed by atoms with Crippen molar-refractivity contribution in [2.24, 2.45) is 0 Å². The molecule has 12 heavy (non-hydrogen) atoms. The first-order chi connectivity index (χ1) is 5.22. The van der Waals surface area contributed by atoms with Gasteiger partial charge >= 0.3 is 12.1 Å². The lowest BCUT2D eigenvalue weighted by Gasteiger charge is -2.23. The van der Waals surface area contributed by atoms with Gasteiger partial charge in [-0.25, -0.2) is 8.78 Å². The molecule has 1 aliphatic rings. The average Bonchev–Trinajstić information content (AvgIpc) is 2.06. The largest absolute Gasteiger partial charge is 0.343 e. The Morgan fingerprint density at radius 2 is 1.17 bits per heavy atom. The van der Waals surface area contributed by atoms with E-state index in [1.54, 1.807) is 0 Å². The van der Waals surface area contributed by atoms with E-state index in [4.69, 9.17) is 0 Å². The van der Waals surface area contributed by atoms with Crippen LogP contribution in [0, 0.1) is 0 Å². The van der Waals surface area contributed by atoms with Crippen LogP contribution in [0.2, 0.25) is 0 Å². The summed E-state index contributed by atoms with van der Waals surface area (Å²) in [5, 5.41) is 0. The fourth-order valence-electron chi connectivity index (χ4n) is 0.921. The highest BCUT2D eigenvalue weighted by molar-refractivity contribution is 4.99. The molecule has 1 nitrogen and oxygen atoms in total. The van der Waals surface area contributed by atoms with Gasteiger partial charge in [-0.2, -0.15) is 22.5 Å². The quantitative estimate of drug-likeness (QED) is 0.418. The SMILES string of the molecule is CN1C(F)(F)C(F)C(F)C1(F)F. The van der Waals surface area contributed by atoms with Crippen LogP contribution in [0.3, 0.4) is 0 Å². The summed E-state index contributed by atoms with van der Waals surface area (Å²) in [5.74, 6) is 0. The average molecular weight is 193 g/mol. The van der Waals surface area contributed by atoms with Gasteiger partial charge in [-0.15, -0.1) is 0 Å². The molecule has 0 saturated carbocycles. The molecule has 0 aromatic carbocycles. The molecule has 1 rings (SSSR count). The molecule has 0 spiro atoms. The van der Waals surface area contributed by atoms with E-state index >= 15 is 0 Å². The van der Waals surface area contributed by atoms with Crippen molar-refractivity contribution in [2.45, 2.75) is 24.4 Å². The van der Waals surface area contributed by atoms with Crippen molar-refractivity contribution in [3.05, 3.63) is 0 Å². The Kier molecular flexibility index (Phi) is 1.82. The zero-order chi connectivity index (χ0) is 9.73. The van der Waals surface area contributed by atoms with Crippen molar-refractivity contribution < 1.29 is 26.3 Å². The summed E-state index contributed by atoms with van der Waals surface area (Å²) in [5.41, 5.74) is 0. The molecular weight excluding hydrogens is 188 g/mol. The molecule has 2 unspecified atom stereocenters. The standard InChI is InChI=1S/C5H5F6N/c1-12-4(8,9)2(6)3(7)5(12,10)11/h2-3H,1H3. The van der Waals surface area contributed by atoms with Gasteiger partial charge in [-0.05, 0) is 7.05 Å². The Hall–Kier alpha value is -0.460. The normalized spacial score (nSPS) is 40.2. The number of rotatable bonds is 0. The van der Waals surface area contributed by atoms with Crippen molar-refractivity contribution >= 4 is 0 Å². The molecule has 1 aliphatic heterocycles. The van der Waals surface area contributed by atoms with Crippen LogP contribution >= 0.6 is 0 Å². The number of hydrogen-bond acceptors (Lipinski definition) is 1. The molecule has 0 radical (unpaired) electrons. The number of hydrogen-bond donors (Lipinski definition) is 0. The van der Waals surface area contributed by atoms with Gasteiger partial charge < -0.3 is 0 Å². The molecule has 7 heteroatoms. The van der Waals surface area contributed by atoms with E-state index in [9.17, 15) is 26.3 Å². The maximum absolute atomic E-state index is 12.3. The Labute approximate surface area is 63.9 Å². The van der Waals surface area contributed by atoms with E-state index in [-0.39, 0.29) is 7.05 Å². The lowest BCUT2D eigenvalue weighted by molar-refractivity contribution is -0.228. The lowest BCUT2D eigenvalue weighted by Crippen LogP contribution is -2.44. The van der Waals surface area contributed by atoms with Gasteiger partial charge in [-0.3, -0.25) is 0 Å². The third kappa shape index (κ3) is 0.917. The van der Waals surface area contributed by atoms with Crippen molar-refractivity contribution in [1.29, 1.82) is 0 Å². The van der Waals surface area contributed by atoms with Crippen LogP contribution in [-0.4, -0.2) is 36.4 Å². The third-order valence-electron chi connectivity index (χ3n) is 1.81.